The molecule has 1 aliphatic heterocycles. The van der Waals surface area contributed by atoms with Crippen molar-refractivity contribution in [1.29, 1.82) is 0 Å². The van der Waals surface area contributed by atoms with Crippen molar-refractivity contribution in [1.82, 2.24) is 5.32 Å². The van der Waals surface area contributed by atoms with Gasteiger partial charge in [0.2, 0.25) is 5.76 Å². The minimum atomic E-state index is -0.984. The highest BCUT2D eigenvalue weighted by atomic mass is 19.1. The van der Waals surface area contributed by atoms with Crippen molar-refractivity contribution in [3.8, 4) is 11.5 Å². The molecule has 4 amide bonds. The molecule has 0 saturated carbocycles. The molecule has 4 rings (SSSR count). The van der Waals surface area contributed by atoms with E-state index < -0.39 is 29.6 Å². The number of furan rings is 1. The van der Waals surface area contributed by atoms with Crippen molar-refractivity contribution in [2.75, 3.05) is 19.1 Å². The summed E-state index contributed by atoms with van der Waals surface area (Å²) in [6, 6.07) is 11.6. The summed E-state index contributed by atoms with van der Waals surface area (Å²) in [5, 5.41) is 2.08. The zero-order valence-electron chi connectivity index (χ0n) is 19.1. The van der Waals surface area contributed by atoms with E-state index >= 15 is 0 Å². The molecule has 0 atom stereocenters. The largest absolute Gasteiger partial charge is 0.493 e. The predicted octanol–water partition coefficient (Wildman–Crippen LogP) is 3.46. The van der Waals surface area contributed by atoms with Crippen molar-refractivity contribution in [3.63, 3.8) is 0 Å². The lowest BCUT2D eigenvalue weighted by molar-refractivity contribution is -0.122. The number of carbonyl (C=O) groups excluding carboxylic acids is 4. The first-order chi connectivity index (χ1) is 17.3. The van der Waals surface area contributed by atoms with Crippen LogP contribution in [0.15, 0.2) is 64.6 Å². The second kappa shape index (κ2) is 10.1. The molecule has 2 heterocycles. The third-order valence-corrected chi connectivity index (χ3v) is 5.08. The number of ether oxygens (including phenoxy) is 3. The van der Waals surface area contributed by atoms with Crippen molar-refractivity contribution < 1.29 is 42.2 Å². The number of barbiturate groups is 1. The average molecular weight is 494 g/mol. The number of amides is 4. The standard InChI is InChI=1S/C25H19FN2O8/c1-33-21-11-14(6-8-19(21)35-13-17-7-9-20(36-17)24(31)34-2)10-18-22(29)27-25(32)28(23(18)30)16-5-3-4-15(26)12-16/h3-12H,13H2,1-2H3,(H,27,29,32)/b18-10-. The summed E-state index contributed by atoms with van der Waals surface area (Å²) in [6.07, 6.45) is 1.28. The number of carbonyl (C=O) groups is 4. The summed E-state index contributed by atoms with van der Waals surface area (Å²) >= 11 is 0. The number of hydrogen-bond acceptors (Lipinski definition) is 8. The van der Waals surface area contributed by atoms with Gasteiger partial charge in [0.05, 0.1) is 19.9 Å². The number of rotatable bonds is 7. The number of benzene rings is 2. The number of nitrogens with one attached hydrogen (secondary N) is 1. The van der Waals surface area contributed by atoms with Gasteiger partial charge in [-0.05, 0) is 54.1 Å². The van der Waals surface area contributed by atoms with Gasteiger partial charge in [0, 0.05) is 0 Å². The van der Waals surface area contributed by atoms with Gasteiger partial charge in [-0.3, -0.25) is 14.9 Å². The second-order valence-electron chi connectivity index (χ2n) is 7.39. The Hall–Kier alpha value is -4.93. The maximum Gasteiger partial charge on any atom is 0.373 e. The number of halogens is 1. The number of hydrogen-bond donors (Lipinski definition) is 1. The fraction of sp³-hybridized carbons (Fsp3) is 0.120. The first kappa shape index (κ1) is 24.2. The van der Waals surface area contributed by atoms with Gasteiger partial charge >= 0.3 is 12.0 Å². The summed E-state index contributed by atoms with van der Waals surface area (Å²) in [7, 11) is 2.65. The van der Waals surface area contributed by atoms with E-state index in [1.165, 1.54) is 44.6 Å². The van der Waals surface area contributed by atoms with Crippen molar-refractivity contribution in [2.45, 2.75) is 6.61 Å². The third kappa shape index (κ3) is 4.94. The van der Waals surface area contributed by atoms with Crippen LogP contribution in [0.1, 0.15) is 21.9 Å². The Balaban J connectivity index is 1.56. The Bertz CT molecular complexity index is 1390. The van der Waals surface area contributed by atoms with Gasteiger partial charge in [-0.15, -0.1) is 0 Å². The molecule has 10 nitrogen and oxygen atoms in total. The number of nitrogens with zero attached hydrogens (tertiary/aromatic N) is 1. The minimum Gasteiger partial charge on any atom is -0.493 e. The van der Waals surface area contributed by atoms with Gasteiger partial charge in [-0.2, -0.15) is 0 Å². The van der Waals surface area contributed by atoms with Crippen molar-refractivity contribution >= 4 is 35.6 Å². The Morgan fingerprint density at radius 3 is 2.58 bits per heavy atom. The van der Waals surface area contributed by atoms with E-state index in [1.54, 1.807) is 18.2 Å². The lowest BCUT2D eigenvalue weighted by atomic mass is 10.1. The van der Waals surface area contributed by atoms with Crippen LogP contribution in [0.4, 0.5) is 14.9 Å². The molecule has 0 aliphatic carbocycles. The van der Waals surface area contributed by atoms with Crippen LogP contribution in [0, 0.1) is 5.82 Å². The summed E-state index contributed by atoms with van der Waals surface area (Å²) in [5.41, 5.74) is 0.0447. The fourth-order valence-electron chi connectivity index (χ4n) is 3.38. The molecule has 36 heavy (non-hydrogen) atoms. The van der Waals surface area contributed by atoms with E-state index in [-0.39, 0.29) is 29.4 Å². The van der Waals surface area contributed by atoms with Gasteiger partial charge in [0.1, 0.15) is 23.8 Å². The molecule has 1 aromatic heterocycles. The average Bonchev–Trinajstić information content (AvgIpc) is 3.34. The highest BCUT2D eigenvalue weighted by Gasteiger charge is 2.37. The Kier molecular flexibility index (Phi) is 6.81. The monoisotopic (exact) mass is 494 g/mol. The van der Waals surface area contributed by atoms with E-state index in [0.717, 1.165) is 12.1 Å². The number of urea groups is 1. The number of esters is 1. The smallest absolute Gasteiger partial charge is 0.373 e. The fourth-order valence-corrected chi connectivity index (χ4v) is 3.38. The van der Waals surface area contributed by atoms with Gasteiger partial charge < -0.3 is 18.6 Å². The van der Waals surface area contributed by atoms with E-state index in [9.17, 15) is 23.6 Å². The summed E-state index contributed by atoms with van der Waals surface area (Å²) in [5.74, 6) is -2.05. The molecule has 2 aromatic carbocycles. The van der Waals surface area contributed by atoms with E-state index in [4.69, 9.17) is 13.9 Å². The van der Waals surface area contributed by atoms with E-state index in [1.807, 2.05) is 0 Å². The van der Waals surface area contributed by atoms with Crippen molar-refractivity contribution in [3.05, 3.63) is 83.1 Å². The van der Waals surface area contributed by atoms with Gasteiger partial charge in [-0.25, -0.2) is 18.9 Å². The van der Waals surface area contributed by atoms with Gasteiger partial charge in [0.15, 0.2) is 11.5 Å². The summed E-state index contributed by atoms with van der Waals surface area (Å²) in [6.45, 7) is -0.0145. The molecule has 184 valence electrons. The van der Waals surface area contributed by atoms with Crippen LogP contribution in [0.25, 0.3) is 6.08 Å². The molecular formula is C25H19FN2O8. The molecule has 0 spiro atoms. The van der Waals surface area contributed by atoms with Crippen LogP contribution in [0.2, 0.25) is 0 Å². The lowest BCUT2D eigenvalue weighted by Gasteiger charge is -2.26. The van der Waals surface area contributed by atoms with Crippen LogP contribution in [0.5, 0.6) is 11.5 Å². The quantitative estimate of drug-likeness (QED) is 0.301. The van der Waals surface area contributed by atoms with Gasteiger partial charge in [0.25, 0.3) is 11.8 Å². The molecule has 11 heteroatoms. The van der Waals surface area contributed by atoms with Crippen LogP contribution < -0.4 is 19.7 Å². The Morgan fingerprint density at radius 1 is 1.06 bits per heavy atom. The molecule has 1 fully saturated rings. The van der Waals surface area contributed by atoms with Gasteiger partial charge in [-0.1, -0.05) is 12.1 Å². The van der Waals surface area contributed by atoms with Crippen LogP contribution >= 0.6 is 0 Å². The number of imide groups is 2. The zero-order chi connectivity index (χ0) is 25.8. The Labute approximate surface area is 203 Å². The molecule has 0 radical (unpaired) electrons. The maximum atomic E-state index is 13.6. The molecule has 1 saturated heterocycles. The third-order valence-electron chi connectivity index (χ3n) is 5.08. The van der Waals surface area contributed by atoms with E-state index in [0.29, 0.717) is 22.0 Å². The topological polar surface area (TPSA) is 124 Å². The molecule has 0 bridgehead atoms. The van der Waals surface area contributed by atoms with Crippen LogP contribution in [-0.2, 0) is 20.9 Å². The molecular weight excluding hydrogens is 475 g/mol. The number of methoxy groups -OCH3 is 2. The maximum absolute atomic E-state index is 13.6. The van der Waals surface area contributed by atoms with Crippen molar-refractivity contribution in [2.24, 2.45) is 0 Å². The zero-order valence-corrected chi connectivity index (χ0v) is 19.1. The normalized spacial score (nSPS) is 14.6. The lowest BCUT2D eigenvalue weighted by Crippen LogP contribution is -2.54. The Morgan fingerprint density at radius 2 is 1.86 bits per heavy atom. The summed E-state index contributed by atoms with van der Waals surface area (Å²) in [4.78, 5) is 49.8. The second-order valence-corrected chi connectivity index (χ2v) is 7.39. The highest BCUT2D eigenvalue weighted by molar-refractivity contribution is 6.39. The van der Waals surface area contributed by atoms with E-state index in [2.05, 4.69) is 10.1 Å². The molecule has 1 aliphatic rings. The van der Waals surface area contributed by atoms with Crippen LogP contribution in [-0.4, -0.2) is 38.0 Å². The molecule has 3 aromatic rings. The van der Waals surface area contributed by atoms with Crippen LogP contribution in [0.3, 0.4) is 0 Å². The first-order valence-electron chi connectivity index (χ1n) is 10.5. The predicted molar refractivity (Wildman–Crippen MR) is 123 cm³/mol. The highest BCUT2D eigenvalue weighted by Crippen LogP contribution is 2.31. The first-order valence-corrected chi connectivity index (χ1v) is 10.5. The molecule has 0 unspecified atom stereocenters. The SMILES string of the molecule is COC(=O)c1ccc(COc2ccc(/C=C3/C(=O)NC(=O)N(c4cccc(F)c4)C3=O)cc2OC)o1. The summed E-state index contributed by atoms with van der Waals surface area (Å²) < 4.78 is 34.6. The number of anilines is 1. The minimum absolute atomic E-state index is 0.0145. The molecule has 1 N–H and O–H groups in total.